The number of benzene rings is 2. The lowest BCUT2D eigenvalue weighted by atomic mass is 9.90. The highest BCUT2D eigenvalue weighted by molar-refractivity contribution is 7.80. The minimum absolute atomic E-state index is 0.739. The van der Waals surface area contributed by atoms with Gasteiger partial charge in [0.15, 0.2) is 0 Å². The molecular weight excluding hydrogens is 252 g/mol. The minimum atomic E-state index is 0.739. The molecule has 1 aliphatic carbocycles. The molecule has 0 unspecified atom stereocenters. The van der Waals surface area contributed by atoms with Crippen molar-refractivity contribution >= 4 is 23.4 Å². The van der Waals surface area contributed by atoms with Crippen molar-refractivity contribution in [2.24, 2.45) is 5.92 Å². The van der Waals surface area contributed by atoms with Crippen LogP contribution in [0.15, 0.2) is 41.3 Å². The largest absolute Gasteiger partial charge is 0.493 e. The van der Waals surface area contributed by atoms with Crippen LogP contribution >= 0.6 is 12.6 Å². The molecule has 0 atom stereocenters. The fraction of sp³-hybridized carbons (Fsp3) is 0.412. The quantitative estimate of drug-likeness (QED) is 0.766. The molecule has 0 amide bonds. The molecule has 0 N–H and O–H groups in total. The molecule has 1 nitrogen and oxygen atoms in total. The average Bonchev–Trinajstić information content (AvgIpc) is 2.48. The highest BCUT2D eigenvalue weighted by Crippen LogP contribution is 2.31. The lowest BCUT2D eigenvalue weighted by Gasteiger charge is -2.22. The number of ether oxygens (including phenoxy) is 1. The molecule has 1 saturated carbocycles. The first kappa shape index (κ1) is 12.9. The third kappa shape index (κ3) is 2.89. The summed E-state index contributed by atoms with van der Waals surface area (Å²) in [7, 11) is 0. The smallest absolute Gasteiger partial charge is 0.127 e. The van der Waals surface area contributed by atoms with E-state index in [0.29, 0.717) is 0 Å². The number of rotatable bonds is 3. The van der Waals surface area contributed by atoms with E-state index in [1.807, 2.05) is 18.2 Å². The summed E-state index contributed by atoms with van der Waals surface area (Å²) in [6.07, 6.45) is 6.77. The summed E-state index contributed by atoms with van der Waals surface area (Å²) in [6, 6.07) is 12.4. The van der Waals surface area contributed by atoms with Gasteiger partial charge in [0.25, 0.3) is 0 Å². The average molecular weight is 272 g/mol. The van der Waals surface area contributed by atoms with E-state index in [1.165, 1.54) is 42.9 Å². The van der Waals surface area contributed by atoms with Crippen molar-refractivity contribution < 1.29 is 4.74 Å². The zero-order chi connectivity index (χ0) is 13.1. The molecule has 0 bridgehead atoms. The summed E-state index contributed by atoms with van der Waals surface area (Å²) < 4.78 is 6.08. The van der Waals surface area contributed by atoms with Crippen LogP contribution in [0.5, 0.6) is 5.75 Å². The van der Waals surface area contributed by atoms with E-state index in [-0.39, 0.29) is 0 Å². The van der Waals surface area contributed by atoms with Gasteiger partial charge in [-0.15, -0.1) is 12.6 Å². The zero-order valence-corrected chi connectivity index (χ0v) is 12.0. The van der Waals surface area contributed by atoms with Crippen molar-refractivity contribution in [2.45, 2.75) is 37.0 Å². The van der Waals surface area contributed by atoms with Crippen molar-refractivity contribution in [3.63, 3.8) is 0 Å². The highest BCUT2D eigenvalue weighted by Gasteiger charge is 2.14. The van der Waals surface area contributed by atoms with Crippen LogP contribution in [-0.2, 0) is 0 Å². The fourth-order valence-electron chi connectivity index (χ4n) is 2.94. The SMILES string of the molecule is Sc1ccc(OCC2CCCCC2)c2ccccc12. The van der Waals surface area contributed by atoms with Gasteiger partial charge in [-0.2, -0.15) is 0 Å². The maximum absolute atomic E-state index is 6.08. The fourth-order valence-corrected chi connectivity index (χ4v) is 3.21. The Hall–Kier alpha value is -1.15. The molecule has 0 aromatic heterocycles. The number of fused-ring (bicyclic) bond motifs is 1. The Morgan fingerprint density at radius 2 is 1.68 bits per heavy atom. The van der Waals surface area contributed by atoms with Crippen LogP contribution < -0.4 is 4.74 Å². The summed E-state index contributed by atoms with van der Waals surface area (Å²) >= 11 is 4.51. The monoisotopic (exact) mass is 272 g/mol. The molecule has 100 valence electrons. The lowest BCUT2D eigenvalue weighted by molar-refractivity contribution is 0.210. The van der Waals surface area contributed by atoms with E-state index in [1.54, 1.807) is 0 Å². The van der Waals surface area contributed by atoms with Crippen LogP contribution in [0.25, 0.3) is 10.8 Å². The van der Waals surface area contributed by atoms with Crippen molar-refractivity contribution in [1.29, 1.82) is 0 Å². The minimum Gasteiger partial charge on any atom is -0.493 e. The molecule has 2 aromatic carbocycles. The van der Waals surface area contributed by atoms with E-state index in [9.17, 15) is 0 Å². The number of thiol groups is 1. The van der Waals surface area contributed by atoms with Gasteiger partial charge >= 0.3 is 0 Å². The summed E-state index contributed by atoms with van der Waals surface area (Å²) in [5.41, 5.74) is 0. The predicted octanol–water partition coefficient (Wildman–Crippen LogP) is 5.09. The maximum atomic E-state index is 6.08. The third-order valence-electron chi connectivity index (χ3n) is 4.06. The molecular formula is C17H20OS. The van der Waals surface area contributed by atoms with Crippen LogP contribution in [0.2, 0.25) is 0 Å². The van der Waals surface area contributed by atoms with E-state index < -0.39 is 0 Å². The standard InChI is InChI=1S/C17H20OS/c19-17-11-10-16(14-8-4-5-9-15(14)17)18-12-13-6-2-1-3-7-13/h4-5,8-11,13,19H,1-3,6-7,12H2. The second kappa shape index (κ2) is 5.87. The van der Waals surface area contributed by atoms with Gasteiger partial charge in [-0.3, -0.25) is 0 Å². The second-order valence-electron chi connectivity index (χ2n) is 5.44. The van der Waals surface area contributed by atoms with E-state index in [2.05, 4.69) is 30.8 Å². The number of hydrogen-bond donors (Lipinski definition) is 1. The molecule has 3 rings (SSSR count). The van der Waals surface area contributed by atoms with Crippen LogP contribution in [0, 0.1) is 5.92 Å². The van der Waals surface area contributed by atoms with Crippen LogP contribution in [0.4, 0.5) is 0 Å². The Morgan fingerprint density at radius 3 is 2.47 bits per heavy atom. The summed E-state index contributed by atoms with van der Waals surface area (Å²) in [5, 5.41) is 2.35. The maximum Gasteiger partial charge on any atom is 0.127 e. The molecule has 0 spiro atoms. The van der Waals surface area contributed by atoms with Gasteiger partial charge in [0.1, 0.15) is 5.75 Å². The first-order valence-corrected chi connectivity index (χ1v) is 7.63. The second-order valence-corrected chi connectivity index (χ2v) is 5.93. The van der Waals surface area contributed by atoms with Gasteiger partial charge < -0.3 is 4.74 Å². The van der Waals surface area contributed by atoms with E-state index >= 15 is 0 Å². The molecule has 2 heteroatoms. The zero-order valence-electron chi connectivity index (χ0n) is 11.1. The van der Waals surface area contributed by atoms with Crippen molar-refractivity contribution in [3.05, 3.63) is 36.4 Å². The Bertz CT molecular complexity index is 558. The molecule has 1 aliphatic rings. The number of hydrogen-bond acceptors (Lipinski definition) is 2. The van der Waals surface area contributed by atoms with Crippen molar-refractivity contribution in [3.8, 4) is 5.75 Å². The van der Waals surface area contributed by atoms with Gasteiger partial charge in [-0.05, 0) is 36.3 Å². The Balaban J connectivity index is 1.79. The Kier molecular flexibility index (Phi) is 3.97. The first-order valence-electron chi connectivity index (χ1n) is 7.18. The van der Waals surface area contributed by atoms with Gasteiger partial charge in [-0.25, -0.2) is 0 Å². The van der Waals surface area contributed by atoms with Crippen LogP contribution in [-0.4, -0.2) is 6.61 Å². The summed E-state index contributed by atoms with van der Waals surface area (Å²) in [4.78, 5) is 1.01. The molecule has 0 radical (unpaired) electrons. The van der Waals surface area contributed by atoms with Crippen molar-refractivity contribution in [1.82, 2.24) is 0 Å². The van der Waals surface area contributed by atoms with Crippen LogP contribution in [0.3, 0.4) is 0 Å². The highest BCUT2D eigenvalue weighted by atomic mass is 32.1. The lowest BCUT2D eigenvalue weighted by Crippen LogP contribution is -2.15. The van der Waals surface area contributed by atoms with Gasteiger partial charge in [0, 0.05) is 10.3 Å². The third-order valence-corrected chi connectivity index (χ3v) is 4.45. The predicted molar refractivity (Wildman–Crippen MR) is 83.3 cm³/mol. The van der Waals surface area contributed by atoms with Gasteiger partial charge in [0.2, 0.25) is 0 Å². The van der Waals surface area contributed by atoms with Crippen LogP contribution in [0.1, 0.15) is 32.1 Å². The molecule has 19 heavy (non-hydrogen) atoms. The molecule has 0 heterocycles. The normalized spacial score (nSPS) is 16.7. The topological polar surface area (TPSA) is 9.23 Å². The van der Waals surface area contributed by atoms with E-state index in [0.717, 1.165) is 23.2 Å². The summed E-state index contributed by atoms with van der Waals surface area (Å²) in [6.45, 7) is 0.857. The Labute approximate surface area is 120 Å². The molecule has 0 saturated heterocycles. The summed E-state index contributed by atoms with van der Waals surface area (Å²) in [5.74, 6) is 1.74. The van der Waals surface area contributed by atoms with Crippen molar-refractivity contribution in [2.75, 3.05) is 6.61 Å². The molecule has 1 fully saturated rings. The first-order chi connectivity index (χ1) is 9.34. The molecule has 2 aromatic rings. The molecule has 0 aliphatic heterocycles. The van der Waals surface area contributed by atoms with Gasteiger partial charge in [0.05, 0.1) is 6.61 Å². The van der Waals surface area contributed by atoms with Gasteiger partial charge in [-0.1, -0.05) is 43.5 Å². The Morgan fingerprint density at radius 1 is 0.947 bits per heavy atom. The van der Waals surface area contributed by atoms with E-state index in [4.69, 9.17) is 4.74 Å².